The maximum atomic E-state index is 12.0. The number of hydroxylamine groups is 4. The predicted molar refractivity (Wildman–Crippen MR) is 171 cm³/mol. The fourth-order valence-corrected chi connectivity index (χ4v) is 5.94. The maximum Gasteiger partial charge on any atom is 0.334 e. The predicted octanol–water partition coefficient (Wildman–Crippen LogP) is 0.972. The van der Waals surface area contributed by atoms with Gasteiger partial charge in [-0.05, 0) is 53.4 Å². The zero-order valence-electron chi connectivity index (χ0n) is 29.1. The van der Waals surface area contributed by atoms with Crippen LogP contribution in [0.1, 0.15) is 105 Å². The molecule has 4 aliphatic heterocycles. The second-order valence-corrected chi connectivity index (χ2v) is 12.6. The lowest BCUT2D eigenvalue weighted by atomic mass is 9.98. The molecule has 0 aromatic heterocycles. The van der Waals surface area contributed by atoms with Crippen molar-refractivity contribution in [1.29, 1.82) is 0 Å². The molecule has 0 saturated carbocycles. The van der Waals surface area contributed by atoms with Gasteiger partial charge in [0, 0.05) is 70.4 Å². The Labute approximate surface area is 282 Å². The molecule has 16 heteroatoms. The highest BCUT2D eigenvalue weighted by molar-refractivity contribution is 6.02. The van der Waals surface area contributed by atoms with Crippen molar-refractivity contribution in [2.45, 2.75) is 129 Å². The first-order valence-corrected chi connectivity index (χ1v) is 16.7. The third-order valence-electron chi connectivity index (χ3n) is 8.76. The summed E-state index contributed by atoms with van der Waals surface area (Å²) in [6, 6.07) is 1.86. The Morgan fingerprint density at radius 1 is 0.646 bits per heavy atom. The molecule has 4 saturated heterocycles. The van der Waals surface area contributed by atoms with Crippen molar-refractivity contribution in [3.05, 3.63) is 0 Å². The smallest absolute Gasteiger partial charge is 0.334 e. The van der Waals surface area contributed by atoms with Gasteiger partial charge in [-0.1, -0.05) is 12.8 Å². The van der Waals surface area contributed by atoms with Crippen LogP contribution >= 0.6 is 0 Å². The van der Waals surface area contributed by atoms with Crippen molar-refractivity contribution < 1.29 is 48.0 Å². The van der Waals surface area contributed by atoms with Crippen LogP contribution < -0.4 is 10.6 Å². The number of carbonyl (C=O) groups is 8. The summed E-state index contributed by atoms with van der Waals surface area (Å²) in [6.45, 7) is 10.8. The lowest BCUT2D eigenvalue weighted by Gasteiger charge is -2.38. The Hall–Kier alpha value is -3.92. The van der Waals surface area contributed by atoms with E-state index in [1.165, 1.54) is 25.7 Å². The van der Waals surface area contributed by atoms with Gasteiger partial charge in [0.05, 0.1) is 19.5 Å². The minimum Gasteiger partial charge on any atom is -0.358 e. The summed E-state index contributed by atoms with van der Waals surface area (Å²) in [5.41, 5.74) is 0. The number of nitrogens with one attached hydrogen (secondary N) is 2. The molecule has 0 radical (unpaired) electrons. The number of rotatable bonds is 9. The Bertz CT molecular complexity index is 1140. The molecule has 48 heavy (non-hydrogen) atoms. The molecule has 6 amide bonds. The number of likely N-dealkylation sites (N-methyl/N-ethyl adjacent to an activating group) is 1. The monoisotopic (exact) mass is 690 g/mol. The first-order valence-electron chi connectivity index (χ1n) is 16.7. The number of hydrogen-bond acceptors (Lipinski definition) is 12. The molecule has 2 N–H and O–H groups in total. The number of imide groups is 2. The van der Waals surface area contributed by atoms with Gasteiger partial charge in [0.15, 0.2) is 0 Å². The highest BCUT2D eigenvalue weighted by Crippen LogP contribution is 2.22. The first kappa shape index (κ1) is 40.3. The number of nitrogens with zero attached hydrogens (tertiary/aromatic N) is 4. The van der Waals surface area contributed by atoms with E-state index < -0.39 is 35.6 Å². The summed E-state index contributed by atoms with van der Waals surface area (Å²) in [6.07, 6.45) is 7.40. The Morgan fingerprint density at radius 2 is 1.02 bits per heavy atom. The first-order chi connectivity index (χ1) is 22.6. The summed E-state index contributed by atoms with van der Waals surface area (Å²) in [5, 5.41) is 6.38. The largest absolute Gasteiger partial charge is 0.358 e. The van der Waals surface area contributed by atoms with Crippen LogP contribution in [-0.4, -0.2) is 118 Å². The Kier molecular flexibility index (Phi) is 16.6. The highest BCUT2D eigenvalue weighted by atomic mass is 16.8. The summed E-state index contributed by atoms with van der Waals surface area (Å²) < 4.78 is 0. The van der Waals surface area contributed by atoms with Gasteiger partial charge in [0.2, 0.25) is 11.8 Å². The van der Waals surface area contributed by atoms with Gasteiger partial charge in [0.1, 0.15) is 0 Å². The molecule has 16 nitrogen and oxygen atoms in total. The molecule has 4 fully saturated rings. The lowest BCUT2D eigenvalue weighted by Crippen LogP contribution is -2.48. The zero-order chi connectivity index (χ0) is 36.0. The average molecular weight is 691 g/mol. The van der Waals surface area contributed by atoms with E-state index in [1.807, 2.05) is 0 Å². The van der Waals surface area contributed by atoms with Crippen LogP contribution in [-0.2, 0) is 48.0 Å². The van der Waals surface area contributed by atoms with Crippen LogP contribution in [0.4, 0.5) is 0 Å². The molecule has 0 spiro atoms. The quantitative estimate of drug-likeness (QED) is 0.198. The number of amides is 6. The van der Waals surface area contributed by atoms with Crippen molar-refractivity contribution in [2.24, 2.45) is 0 Å². The van der Waals surface area contributed by atoms with Gasteiger partial charge in [-0.25, -0.2) is 9.59 Å². The van der Waals surface area contributed by atoms with E-state index in [-0.39, 0.29) is 50.5 Å². The number of piperidine rings is 2. The van der Waals surface area contributed by atoms with Crippen molar-refractivity contribution in [2.75, 3.05) is 26.7 Å². The van der Waals surface area contributed by atoms with Crippen molar-refractivity contribution >= 4 is 47.4 Å². The fourth-order valence-electron chi connectivity index (χ4n) is 5.94. The molecule has 4 unspecified atom stereocenters. The number of hydrogen-bond donors (Lipinski definition) is 2. The average Bonchev–Trinajstić information content (AvgIpc) is 3.51. The van der Waals surface area contributed by atoms with Crippen molar-refractivity contribution in [1.82, 2.24) is 30.6 Å². The standard InChI is InChI=1S/C16H25N3O5.C10H20N2O.C6H7NO4/c1-11-4-3-5-12(2)18(11)10-13(20)17-9-8-16(23)24-19-14(21)6-7-15(19)22;1-8-5-4-6-9(2)12(8)7-10(13)11-3;1-4(8)11-7-5(9)2-3-6(7)10/h11-12H,3-10H2,1-2H3,(H,17,20);8-9H,4-7H2,1-3H3,(H,11,13);2-3H2,1H3/i1+1,2+1,11+1,12+1,18+1;3+1,10+1,11+1;1+1,4+1. The van der Waals surface area contributed by atoms with E-state index in [4.69, 9.17) is 4.84 Å². The fraction of sp³-hybridized carbons (Fsp3) is 0.750. The van der Waals surface area contributed by atoms with Crippen LogP contribution in [0.25, 0.3) is 0 Å². The van der Waals surface area contributed by atoms with E-state index in [1.54, 1.807) is 7.05 Å². The van der Waals surface area contributed by atoms with Gasteiger partial charge in [0.25, 0.3) is 23.6 Å². The molecule has 4 rings (SSSR count). The topological polar surface area (TPSA) is 192 Å². The number of carbonyl (C=O) groups excluding carboxylic acids is 8. The van der Waals surface area contributed by atoms with Gasteiger partial charge in [-0.2, -0.15) is 0 Å². The molecule has 0 aromatic carbocycles. The van der Waals surface area contributed by atoms with Crippen LogP contribution in [0.3, 0.4) is 0 Å². The third kappa shape index (κ3) is 12.9. The minimum absolute atomic E-state index is 0.0645. The van der Waals surface area contributed by atoms with Gasteiger partial charge in [-0.15, -0.1) is 10.1 Å². The van der Waals surface area contributed by atoms with E-state index in [0.717, 1.165) is 19.8 Å². The Morgan fingerprint density at radius 3 is 1.40 bits per heavy atom. The lowest BCUT2D eigenvalue weighted by molar-refractivity contribution is -0.197. The number of likely N-dealkylation sites (tertiary alicyclic amines) is 2. The normalized spacial score (nSPS) is 24.6. The zero-order valence-corrected chi connectivity index (χ0v) is 29.1. The van der Waals surface area contributed by atoms with Crippen molar-refractivity contribution in [3.63, 3.8) is 0 Å². The minimum atomic E-state index is -0.710. The van der Waals surface area contributed by atoms with E-state index in [9.17, 15) is 38.4 Å². The molecular weight excluding hydrogens is 638 g/mol. The Balaban J connectivity index is 0.000000279. The second-order valence-electron chi connectivity index (χ2n) is 12.6. The molecule has 0 aliphatic carbocycles. The van der Waals surface area contributed by atoms with Crippen LogP contribution in [0, 0.1) is 0 Å². The van der Waals surface area contributed by atoms with Crippen LogP contribution in [0.2, 0.25) is 0 Å². The maximum absolute atomic E-state index is 12.0. The SMILES string of the molecule is CC1CCCC(C)N1C[13C](=O)[15NH][13CH3].[13CH3][13CH]1CCC[13CH]([13CH3])[15N]1CC(=O)NCCC(=O)ON1C(=O)CCC1=O.[13CH3][13C](=O)ON1C(=O)CCC1=O. The summed E-state index contributed by atoms with van der Waals surface area (Å²) in [5.74, 6) is -3.31. The molecule has 4 heterocycles. The second kappa shape index (κ2) is 19.8. The highest BCUT2D eigenvalue weighted by Gasteiger charge is 2.33. The summed E-state index contributed by atoms with van der Waals surface area (Å²) in [7, 11) is 1.70. The van der Waals surface area contributed by atoms with E-state index in [2.05, 4.69) is 53.0 Å². The van der Waals surface area contributed by atoms with Gasteiger partial charge >= 0.3 is 11.9 Å². The van der Waals surface area contributed by atoms with Gasteiger partial charge in [-0.3, -0.25) is 38.6 Å². The third-order valence-corrected chi connectivity index (χ3v) is 8.76. The molecule has 0 aromatic rings. The van der Waals surface area contributed by atoms with Crippen LogP contribution in [0.15, 0.2) is 0 Å². The molecular formula is C32H52N6O10. The van der Waals surface area contributed by atoms with Gasteiger partial charge < -0.3 is 20.3 Å². The van der Waals surface area contributed by atoms with Crippen molar-refractivity contribution in [3.8, 4) is 0 Å². The van der Waals surface area contributed by atoms with E-state index >= 15 is 0 Å². The summed E-state index contributed by atoms with van der Waals surface area (Å²) in [4.78, 5) is 103. The molecule has 4 atom stereocenters. The summed E-state index contributed by atoms with van der Waals surface area (Å²) >= 11 is 0. The molecule has 270 valence electrons. The molecule has 0 bridgehead atoms. The molecule has 4 aliphatic rings. The van der Waals surface area contributed by atoms with E-state index in [0.29, 0.717) is 47.4 Å². The van der Waals surface area contributed by atoms with Crippen LogP contribution in [0.5, 0.6) is 0 Å².